The molecule has 0 atom stereocenters. The fourth-order valence-electron chi connectivity index (χ4n) is 3.42. The summed E-state index contributed by atoms with van der Waals surface area (Å²) >= 11 is 5.61. The van der Waals surface area contributed by atoms with Crippen molar-refractivity contribution in [1.29, 1.82) is 0 Å². The number of quaternary nitrogens is 1. The van der Waals surface area contributed by atoms with Crippen molar-refractivity contribution in [1.82, 2.24) is 4.90 Å². The lowest BCUT2D eigenvalue weighted by Crippen LogP contribution is -3.13. The minimum Gasteiger partial charge on any atom is -0.497 e. The van der Waals surface area contributed by atoms with E-state index in [2.05, 4.69) is 41.4 Å². The Bertz CT molecular complexity index is 789. The molecule has 1 fully saturated rings. The maximum Gasteiger partial charge on any atom is 0.173 e. The van der Waals surface area contributed by atoms with Crippen LogP contribution in [0.15, 0.2) is 42.5 Å². The molecule has 1 aliphatic rings. The van der Waals surface area contributed by atoms with E-state index in [1.54, 1.807) is 14.2 Å². The highest BCUT2D eigenvalue weighted by Crippen LogP contribution is 2.23. The minimum absolute atomic E-state index is 0.804. The number of ether oxygens (including phenoxy) is 2. The third-order valence-corrected chi connectivity index (χ3v) is 5.32. The molecule has 0 spiro atoms. The Kier molecular flexibility index (Phi) is 6.53. The molecule has 3 rings (SSSR count). The van der Waals surface area contributed by atoms with Gasteiger partial charge in [0.05, 0.1) is 46.0 Å². The van der Waals surface area contributed by atoms with Crippen molar-refractivity contribution in [2.75, 3.05) is 45.7 Å². The second kappa shape index (κ2) is 9.06. The predicted octanol–water partition coefficient (Wildman–Crippen LogP) is 2.11. The van der Waals surface area contributed by atoms with E-state index in [0.29, 0.717) is 0 Å². The molecule has 27 heavy (non-hydrogen) atoms. The van der Waals surface area contributed by atoms with Crippen LogP contribution < -0.4 is 19.7 Å². The van der Waals surface area contributed by atoms with Gasteiger partial charge in [0.2, 0.25) is 0 Å². The van der Waals surface area contributed by atoms with E-state index in [1.165, 1.54) is 16.0 Å². The smallest absolute Gasteiger partial charge is 0.173 e. The first kappa shape index (κ1) is 19.5. The quantitative estimate of drug-likeness (QED) is 0.770. The van der Waals surface area contributed by atoms with Crippen LogP contribution in [0.25, 0.3) is 0 Å². The summed E-state index contributed by atoms with van der Waals surface area (Å²) in [5.74, 6) is 1.79. The topological polar surface area (TPSA) is 38.2 Å². The lowest BCUT2D eigenvalue weighted by atomic mass is 10.1. The molecule has 0 aliphatic carbocycles. The molecule has 0 aromatic heterocycles. The second-order valence-electron chi connectivity index (χ2n) is 6.89. The molecule has 144 valence electrons. The summed E-state index contributed by atoms with van der Waals surface area (Å²) in [4.78, 5) is 3.78. The Hall–Kier alpha value is -2.31. The van der Waals surface area contributed by atoms with Crippen LogP contribution in [-0.4, -0.2) is 50.4 Å². The average Bonchev–Trinajstić information content (AvgIpc) is 2.68. The van der Waals surface area contributed by atoms with Crippen LogP contribution in [0.4, 0.5) is 5.69 Å². The maximum absolute atomic E-state index is 5.61. The summed E-state index contributed by atoms with van der Waals surface area (Å²) in [6.45, 7) is 6.97. The minimum atomic E-state index is 0.804. The van der Waals surface area contributed by atoms with Crippen LogP contribution >= 0.6 is 12.2 Å². The number of rotatable bonds is 5. The molecule has 2 aromatic rings. The van der Waals surface area contributed by atoms with Gasteiger partial charge in [-0.05, 0) is 55.0 Å². The lowest BCUT2D eigenvalue weighted by Gasteiger charge is -2.34. The van der Waals surface area contributed by atoms with E-state index in [-0.39, 0.29) is 0 Å². The van der Waals surface area contributed by atoms with Crippen LogP contribution in [0.1, 0.15) is 11.1 Å². The Morgan fingerprint density at radius 2 is 1.89 bits per heavy atom. The molecule has 0 amide bonds. The predicted molar refractivity (Wildman–Crippen MR) is 113 cm³/mol. The van der Waals surface area contributed by atoms with Gasteiger partial charge in [-0.2, -0.15) is 0 Å². The van der Waals surface area contributed by atoms with Crippen molar-refractivity contribution < 1.29 is 14.4 Å². The molecule has 0 unspecified atom stereocenters. The number of methoxy groups -OCH3 is 2. The van der Waals surface area contributed by atoms with Gasteiger partial charge in [0.1, 0.15) is 18.0 Å². The number of thiocarbonyl (C=S) groups is 1. The number of anilines is 1. The monoisotopic (exact) mass is 386 g/mol. The number of aryl methyl sites for hydroxylation is 1. The summed E-state index contributed by atoms with van der Waals surface area (Å²) in [7, 11) is 3.41. The molecular formula is C21H28N3O2S+. The van der Waals surface area contributed by atoms with Gasteiger partial charge in [-0.1, -0.05) is 12.1 Å². The lowest BCUT2D eigenvalue weighted by molar-refractivity contribution is -0.917. The number of piperazine rings is 1. The molecule has 0 bridgehead atoms. The zero-order valence-electron chi connectivity index (χ0n) is 16.2. The third kappa shape index (κ3) is 5.11. The molecule has 1 aliphatic heterocycles. The first-order valence-electron chi connectivity index (χ1n) is 9.26. The first-order valence-corrected chi connectivity index (χ1v) is 9.67. The van der Waals surface area contributed by atoms with Crippen LogP contribution in [-0.2, 0) is 6.54 Å². The van der Waals surface area contributed by atoms with E-state index in [1.807, 2.05) is 18.2 Å². The zero-order chi connectivity index (χ0) is 19.2. The van der Waals surface area contributed by atoms with Crippen LogP contribution in [0.5, 0.6) is 11.5 Å². The Morgan fingerprint density at radius 1 is 1.11 bits per heavy atom. The van der Waals surface area contributed by atoms with Gasteiger partial charge in [0.15, 0.2) is 5.11 Å². The highest BCUT2D eigenvalue weighted by Gasteiger charge is 2.23. The summed E-state index contributed by atoms with van der Waals surface area (Å²) in [5, 5.41) is 4.17. The van der Waals surface area contributed by atoms with Crippen molar-refractivity contribution in [3.05, 3.63) is 53.6 Å². The van der Waals surface area contributed by atoms with E-state index >= 15 is 0 Å². The molecule has 1 heterocycles. The zero-order valence-corrected chi connectivity index (χ0v) is 17.1. The molecule has 1 saturated heterocycles. The number of nitrogens with zero attached hydrogens (tertiary/aromatic N) is 1. The van der Waals surface area contributed by atoms with Crippen molar-refractivity contribution in [2.45, 2.75) is 13.5 Å². The average molecular weight is 387 g/mol. The molecule has 5 nitrogen and oxygen atoms in total. The molecular weight excluding hydrogens is 358 g/mol. The normalized spacial score (nSPS) is 14.7. The fourth-order valence-corrected chi connectivity index (χ4v) is 3.72. The summed E-state index contributed by atoms with van der Waals surface area (Å²) < 4.78 is 10.9. The first-order chi connectivity index (χ1) is 13.1. The number of benzene rings is 2. The largest absolute Gasteiger partial charge is 0.497 e. The van der Waals surface area contributed by atoms with Crippen LogP contribution in [0.3, 0.4) is 0 Å². The van der Waals surface area contributed by atoms with E-state index < -0.39 is 0 Å². The van der Waals surface area contributed by atoms with Crippen LogP contribution in [0, 0.1) is 6.92 Å². The van der Waals surface area contributed by atoms with Gasteiger partial charge in [-0.3, -0.25) is 0 Å². The van der Waals surface area contributed by atoms with Gasteiger partial charge >= 0.3 is 0 Å². The molecule has 6 heteroatoms. The van der Waals surface area contributed by atoms with Crippen molar-refractivity contribution in [3.8, 4) is 11.5 Å². The van der Waals surface area contributed by atoms with Crippen LogP contribution in [0.2, 0.25) is 0 Å². The Morgan fingerprint density at radius 3 is 2.56 bits per heavy atom. The van der Waals surface area contributed by atoms with E-state index in [4.69, 9.17) is 21.7 Å². The number of nitrogens with one attached hydrogen (secondary N) is 2. The summed E-state index contributed by atoms with van der Waals surface area (Å²) in [6.07, 6.45) is 0. The SMILES string of the molecule is COc1ccc(OC)c(C[NH+]2CCN(C(=S)Nc3cccc(C)c3)CC2)c1. The van der Waals surface area contributed by atoms with Crippen molar-refractivity contribution in [3.63, 3.8) is 0 Å². The molecule has 0 radical (unpaired) electrons. The third-order valence-electron chi connectivity index (χ3n) is 4.96. The highest BCUT2D eigenvalue weighted by atomic mass is 32.1. The van der Waals surface area contributed by atoms with Gasteiger partial charge < -0.3 is 24.6 Å². The van der Waals surface area contributed by atoms with Gasteiger partial charge in [-0.15, -0.1) is 0 Å². The Labute approximate surface area is 166 Å². The number of hydrogen-bond donors (Lipinski definition) is 2. The van der Waals surface area contributed by atoms with Gasteiger partial charge in [-0.25, -0.2) is 0 Å². The molecule has 2 N–H and O–H groups in total. The second-order valence-corrected chi connectivity index (χ2v) is 7.28. The Balaban J connectivity index is 1.55. The summed E-state index contributed by atoms with van der Waals surface area (Å²) in [5.41, 5.74) is 3.46. The summed E-state index contributed by atoms with van der Waals surface area (Å²) in [6, 6.07) is 14.3. The van der Waals surface area contributed by atoms with Gasteiger partial charge in [0, 0.05) is 5.69 Å². The van der Waals surface area contributed by atoms with Gasteiger partial charge in [0.25, 0.3) is 0 Å². The highest BCUT2D eigenvalue weighted by molar-refractivity contribution is 7.80. The van der Waals surface area contributed by atoms with E-state index in [9.17, 15) is 0 Å². The number of hydrogen-bond acceptors (Lipinski definition) is 3. The molecule has 2 aromatic carbocycles. The van der Waals surface area contributed by atoms with E-state index in [0.717, 1.165) is 55.0 Å². The standard InChI is InChI=1S/C21H27N3O2S/c1-16-5-4-6-18(13-16)22-21(27)24-11-9-23(10-12-24)15-17-14-19(25-2)7-8-20(17)26-3/h4-8,13-14H,9-12,15H2,1-3H3,(H,22,27)/p+1. The molecule has 0 saturated carbocycles. The maximum atomic E-state index is 5.61. The van der Waals surface area contributed by atoms with Crippen molar-refractivity contribution in [2.24, 2.45) is 0 Å². The van der Waals surface area contributed by atoms with Crippen molar-refractivity contribution >= 4 is 23.0 Å². The fraction of sp³-hybridized carbons (Fsp3) is 0.381.